The van der Waals surface area contributed by atoms with Crippen molar-refractivity contribution in [2.45, 2.75) is 38.5 Å². The Morgan fingerprint density at radius 3 is 2.31 bits per heavy atom. The van der Waals surface area contributed by atoms with Gasteiger partial charge in [-0.05, 0) is 38.8 Å². The summed E-state index contributed by atoms with van der Waals surface area (Å²) in [5.41, 5.74) is 8.28. The number of likely N-dealkylation sites (tertiary alicyclic amines) is 1. The molecule has 0 aromatic heterocycles. The maximum Gasteiger partial charge on any atom is 0.328 e. The van der Waals surface area contributed by atoms with Gasteiger partial charge in [-0.2, -0.15) is 0 Å². The number of amides is 1. The van der Waals surface area contributed by atoms with Crippen LogP contribution < -0.4 is 10.9 Å². The molecule has 1 aliphatic carbocycles. The first-order chi connectivity index (χ1) is 15.4. The Bertz CT molecular complexity index is 809. The van der Waals surface area contributed by atoms with E-state index in [1.165, 1.54) is 25.9 Å². The number of hydrogen-bond acceptors (Lipinski definition) is 8. The molecule has 4 N–H and O–H groups in total. The molecule has 4 aliphatic rings. The minimum absolute atomic E-state index is 0.108. The van der Waals surface area contributed by atoms with Gasteiger partial charge in [-0.25, -0.2) is 19.6 Å². The summed E-state index contributed by atoms with van der Waals surface area (Å²) in [6, 6.07) is 0. The molecule has 0 aromatic carbocycles. The van der Waals surface area contributed by atoms with Crippen LogP contribution in [0.1, 0.15) is 38.5 Å². The Hall–Kier alpha value is -3.34. The maximum atomic E-state index is 12.4. The highest BCUT2D eigenvalue weighted by Gasteiger charge is 2.30. The van der Waals surface area contributed by atoms with Crippen LogP contribution in [0.25, 0.3) is 0 Å². The van der Waals surface area contributed by atoms with Crippen LogP contribution in [0.2, 0.25) is 0 Å². The summed E-state index contributed by atoms with van der Waals surface area (Å²) in [6.07, 6.45) is 13.5. The first-order valence-corrected chi connectivity index (χ1v) is 10.9. The Labute approximate surface area is 186 Å². The zero-order valence-corrected chi connectivity index (χ0v) is 17.9. The summed E-state index contributed by atoms with van der Waals surface area (Å²) in [5, 5.41) is 19.5. The van der Waals surface area contributed by atoms with Crippen LogP contribution in [0.15, 0.2) is 40.9 Å². The van der Waals surface area contributed by atoms with Gasteiger partial charge in [-0.15, -0.1) is 0 Å². The van der Waals surface area contributed by atoms with Gasteiger partial charge in [0.1, 0.15) is 17.7 Å². The van der Waals surface area contributed by atoms with Crippen molar-refractivity contribution in [2.75, 3.05) is 26.2 Å². The average Bonchev–Trinajstić information content (AvgIpc) is 3.53. The van der Waals surface area contributed by atoms with E-state index in [2.05, 4.69) is 25.8 Å². The molecule has 174 valence electrons. The topological polar surface area (TPSA) is 138 Å². The van der Waals surface area contributed by atoms with Crippen molar-refractivity contribution >= 4 is 24.2 Å². The minimum atomic E-state index is -1.26. The molecule has 1 saturated heterocycles. The van der Waals surface area contributed by atoms with Gasteiger partial charge < -0.3 is 20.5 Å². The van der Waals surface area contributed by atoms with E-state index < -0.39 is 11.9 Å². The van der Waals surface area contributed by atoms with Crippen LogP contribution in [0.4, 0.5) is 0 Å². The Balaban J connectivity index is 0.000000312. The molecule has 0 radical (unpaired) electrons. The molecule has 0 bridgehead atoms. The van der Waals surface area contributed by atoms with Crippen molar-refractivity contribution in [3.63, 3.8) is 0 Å². The number of carboxylic acids is 2. The number of aliphatic imine (C=N–C) groups is 1. The third kappa shape index (κ3) is 6.58. The summed E-state index contributed by atoms with van der Waals surface area (Å²) in [6.45, 7) is 4.36. The third-order valence-corrected chi connectivity index (χ3v) is 5.71. The van der Waals surface area contributed by atoms with E-state index in [0.717, 1.165) is 50.2 Å². The predicted octanol–water partition coefficient (Wildman–Crippen LogP) is 0.862. The lowest BCUT2D eigenvalue weighted by Gasteiger charge is -2.29. The van der Waals surface area contributed by atoms with Crippen molar-refractivity contribution < 1.29 is 24.6 Å². The molecule has 4 rings (SSSR count). The standard InChI is InChI=1S/C17H26N6O.C4H4O4/c24-17(14-5-1-2-6-14)20-23-13-18-11-15-16(23)12-19-22(15)10-9-21-7-3-4-8-21;5-3(6)1-2-4(7)8/h11-14,19H,1-10H2,(H,20,24);1-2H,(H,5,6)(H,7,8)/b;2-1-. The summed E-state index contributed by atoms with van der Waals surface area (Å²) >= 11 is 0. The van der Waals surface area contributed by atoms with Crippen molar-refractivity contribution in [2.24, 2.45) is 10.9 Å². The lowest BCUT2D eigenvalue weighted by molar-refractivity contribution is -0.134. The number of carbonyl (C=O) groups is 3. The molecule has 11 nitrogen and oxygen atoms in total. The van der Waals surface area contributed by atoms with Gasteiger partial charge >= 0.3 is 11.9 Å². The average molecular weight is 447 g/mol. The number of hydrazine groups is 2. The Morgan fingerprint density at radius 1 is 1.03 bits per heavy atom. The molecule has 0 atom stereocenters. The monoisotopic (exact) mass is 446 g/mol. The van der Waals surface area contributed by atoms with Crippen molar-refractivity contribution in [1.82, 2.24) is 25.8 Å². The predicted molar refractivity (Wildman–Crippen MR) is 117 cm³/mol. The summed E-state index contributed by atoms with van der Waals surface area (Å²) in [4.78, 5) is 38.3. The molecule has 2 fully saturated rings. The third-order valence-electron chi connectivity index (χ3n) is 5.71. The van der Waals surface area contributed by atoms with Gasteiger partial charge in [-0.3, -0.25) is 15.2 Å². The molecule has 1 saturated carbocycles. The number of fused-ring (bicyclic) bond motifs is 1. The molecular weight excluding hydrogens is 416 g/mol. The maximum absolute atomic E-state index is 12.4. The Kier molecular flexibility index (Phi) is 8.26. The van der Waals surface area contributed by atoms with Gasteiger partial charge in [0.15, 0.2) is 0 Å². The second kappa shape index (κ2) is 11.3. The van der Waals surface area contributed by atoms with E-state index in [-0.39, 0.29) is 11.8 Å². The van der Waals surface area contributed by atoms with Crippen molar-refractivity contribution in [3.05, 3.63) is 35.9 Å². The number of carboxylic acid groups (broad SMARTS) is 2. The summed E-state index contributed by atoms with van der Waals surface area (Å²) in [5.74, 6) is -2.26. The number of aliphatic carboxylic acids is 2. The molecule has 0 unspecified atom stereocenters. The molecule has 0 aromatic rings. The molecule has 32 heavy (non-hydrogen) atoms. The minimum Gasteiger partial charge on any atom is -0.478 e. The zero-order chi connectivity index (χ0) is 22.9. The molecule has 3 heterocycles. The van der Waals surface area contributed by atoms with Crippen LogP contribution in [0.3, 0.4) is 0 Å². The fraction of sp³-hybridized carbons (Fsp3) is 0.524. The van der Waals surface area contributed by atoms with E-state index in [1.54, 1.807) is 11.3 Å². The lowest BCUT2D eigenvalue weighted by Crippen LogP contribution is -2.45. The van der Waals surface area contributed by atoms with E-state index in [9.17, 15) is 14.4 Å². The van der Waals surface area contributed by atoms with E-state index in [0.29, 0.717) is 12.2 Å². The van der Waals surface area contributed by atoms with Crippen LogP contribution in [-0.4, -0.2) is 75.5 Å². The first kappa shape index (κ1) is 23.3. The fourth-order valence-electron chi connectivity index (χ4n) is 4.04. The normalized spacial score (nSPS) is 20.4. The number of carbonyl (C=O) groups excluding carboxylic acids is 1. The number of nitrogens with zero attached hydrogens (tertiary/aromatic N) is 4. The molecule has 3 aliphatic heterocycles. The van der Waals surface area contributed by atoms with Crippen LogP contribution in [0, 0.1) is 5.92 Å². The highest BCUT2D eigenvalue weighted by Crippen LogP contribution is 2.27. The SMILES string of the molecule is O=C(NN1C=NC=C2C1=CNN2CCN1CCCC1)C1CCCC1.O=C(O)/C=C\C(=O)O. The van der Waals surface area contributed by atoms with Gasteiger partial charge in [0, 0.05) is 30.8 Å². The van der Waals surface area contributed by atoms with Gasteiger partial charge in [-0.1, -0.05) is 12.8 Å². The summed E-state index contributed by atoms with van der Waals surface area (Å²) in [7, 11) is 0. The molecule has 11 heteroatoms. The van der Waals surface area contributed by atoms with Crippen LogP contribution >= 0.6 is 0 Å². The van der Waals surface area contributed by atoms with Crippen LogP contribution in [-0.2, 0) is 14.4 Å². The highest BCUT2D eigenvalue weighted by molar-refractivity contribution is 5.89. The smallest absolute Gasteiger partial charge is 0.328 e. The lowest BCUT2D eigenvalue weighted by atomic mass is 10.1. The van der Waals surface area contributed by atoms with Crippen molar-refractivity contribution in [3.8, 4) is 0 Å². The van der Waals surface area contributed by atoms with Gasteiger partial charge in [0.2, 0.25) is 5.91 Å². The number of hydrogen-bond donors (Lipinski definition) is 4. The van der Waals surface area contributed by atoms with E-state index >= 15 is 0 Å². The molecule has 1 amide bonds. The van der Waals surface area contributed by atoms with E-state index in [1.807, 2.05) is 12.4 Å². The van der Waals surface area contributed by atoms with Crippen molar-refractivity contribution in [1.29, 1.82) is 0 Å². The van der Waals surface area contributed by atoms with Crippen LogP contribution in [0.5, 0.6) is 0 Å². The summed E-state index contributed by atoms with van der Waals surface area (Å²) < 4.78 is 0. The number of rotatable bonds is 7. The van der Waals surface area contributed by atoms with E-state index in [4.69, 9.17) is 10.2 Å². The molecular formula is C21H30N6O5. The Morgan fingerprint density at radius 2 is 1.69 bits per heavy atom. The van der Waals surface area contributed by atoms with Gasteiger partial charge in [0.05, 0.1) is 12.7 Å². The van der Waals surface area contributed by atoms with Gasteiger partial charge in [0.25, 0.3) is 0 Å². The number of nitrogens with one attached hydrogen (secondary N) is 2. The highest BCUT2D eigenvalue weighted by atomic mass is 16.4. The fourth-order valence-corrected chi connectivity index (χ4v) is 4.04. The first-order valence-electron chi connectivity index (χ1n) is 10.9. The zero-order valence-electron chi connectivity index (χ0n) is 17.9. The quantitative estimate of drug-likeness (QED) is 0.420. The molecule has 0 spiro atoms. The largest absolute Gasteiger partial charge is 0.478 e. The second-order valence-electron chi connectivity index (χ2n) is 7.98. The second-order valence-corrected chi connectivity index (χ2v) is 7.98.